The molecule has 1 aromatic carbocycles. The van der Waals surface area contributed by atoms with Crippen LogP contribution < -0.4 is 5.32 Å². The number of hydrogen-bond acceptors (Lipinski definition) is 4. The van der Waals surface area contributed by atoms with E-state index >= 15 is 0 Å². The first-order chi connectivity index (χ1) is 9.52. The van der Waals surface area contributed by atoms with Crippen molar-refractivity contribution < 1.29 is 4.74 Å². The van der Waals surface area contributed by atoms with Crippen molar-refractivity contribution in [2.75, 3.05) is 19.0 Å². The summed E-state index contributed by atoms with van der Waals surface area (Å²) in [6, 6.07) is 8.06. The average Bonchev–Trinajstić information content (AvgIpc) is 2.86. The lowest BCUT2D eigenvalue weighted by Gasteiger charge is -2.23. The predicted octanol–water partition coefficient (Wildman–Crippen LogP) is 3.01. The van der Waals surface area contributed by atoms with Crippen LogP contribution in [0, 0.1) is 6.92 Å². The van der Waals surface area contributed by atoms with Gasteiger partial charge < -0.3 is 10.1 Å². The highest BCUT2D eigenvalue weighted by Gasteiger charge is 2.16. The number of benzene rings is 1. The number of nitrogens with one attached hydrogen (secondary N) is 2. The molecule has 0 saturated carbocycles. The van der Waals surface area contributed by atoms with Crippen LogP contribution >= 0.6 is 0 Å². The van der Waals surface area contributed by atoms with Crippen molar-refractivity contribution in [2.45, 2.75) is 32.8 Å². The quantitative estimate of drug-likeness (QED) is 0.850. The Morgan fingerprint density at radius 2 is 2.05 bits per heavy atom. The summed E-state index contributed by atoms with van der Waals surface area (Å²) in [5.74, 6) is 1.53. The summed E-state index contributed by atoms with van der Waals surface area (Å²) in [5.41, 5.74) is 1.92. The number of aryl methyl sites for hydroxylation is 1. The maximum atomic E-state index is 5.42. The van der Waals surface area contributed by atoms with E-state index in [1.165, 1.54) is 0 Å². The van der Waals surface area contributed by atoms with Crippen LogP contribution in [0.3, 0.4) is 0 Å². The molecule has 2 aromatic rings. The second-order valence-electron chi connectivity index (χ2n) is 5.43. The van der Waals surface area contributed by atoms with Crippen LogP contribution in [0.4, 0.5) is 5.69 Å². The molecule has 0 aliphatic heterocycles. The molecule has 20 heavy (non-hydrogen) atoms. The van der Waals surface area contributed by atoms with Crippen LogP contribution in [-0.4, -0.2) is 34.4 Å². The van der Waals surface area contributed by atoms with Crippen LogP contribution in [0.2, 0.25) is 0 Å². The highest BCUT2D eigenvalue weighted by atomic mass is 16.5. The number of ether oxygens (including phenoxy) is 1. The third-order valence-electron chi connectivity index (χ3n) is 3.36. The summed E-state index contributed by atoms with van der Waals surface area (Å²) in [6.07, 6.45) is 0.921. The van der Waals surface area contributed by atoms with E-state index in [9.17, 15) is 0 Å². The molecule has 0 atom stereocenters. The molecule has 0 fully saturated rings. The first-order valence-corrected chi connectivity index (χ1v) is 6.79. The molecule has 0 radical (unpaired) electrons. The summed E-state index contributed by atoms with van der Waals surface area (Å²) in [5, 5.41) is 10.5. The number of nitrogens with zero attached hydrogens (tertiary/aromatic N) is 2. The van der Waals surface area contributed by atoms with Gasteiger partial charge in [-0.05, 0) is 39.3 Å². The number of aromatic nitrogens is 3. The lowest BCUT2D eigenvalue weighted by Crippen LogP contribution is -2.25. The van der Waals surface area contributed by atoms with Gasteiger partial charge in [0.2, 0.25) is 0 Å². The first kappa shape index (κ1) is 14.5. The van der Waals surface area contributed by atoms with Gasteiger partial charge in [-0.2, -0.15) is 5.10 Å². The van der Waals surface area contributed by atoms with Crippen molar-refractivity contribution >= 4 is 5.69 Å². The molecule has 1 aromatic heterocycles. The Balaban J connectivity index is 2.09. The van der Waals surface area contributed by atoms with Gasteiger partial charge in [0.05, 0.1) is 5.60 Å². The summed E-state index contributed by atoms with van der Waals surface area (Å²) in [6.45, 7) is 6.90. The van der Waals surface area contributed by atoms with Crippen LogP contribution in [0.1, 0.15) is 26.1 Å². The average molecular weight is 274 g/mol. The highest BCUT2D eigenvalue weighted by Crippen LogP contribution is 2.25. The zero-order chi connectivity index (χ0) is 14.6. The number of anilines is 1. The van der Waals surface area contributed by atoms with E-state index in [0.717, 1.165) is 35.9 Å². The van der Waals surface area contributed by atoms with E-state index in [2.05, 4.69) is 34.3 Å². The fraction of sp³-hybridized carbons (Fsp3) is 0.467. The number of rotatable bonds is 6. The maximum absolute atomic E-state index is 5.42. The zero-order valence-corrected chi connectivity index (χ0v) is 12.5. The molecule has 108 valence electrons. The smallest absolute Gasteiger partial charge is 0.183 e. The SMILES string of the molecule is COC(C)(C)CCNc1ccccc1-c1n[nH]c(C)n1. The molecule has 2 rings (SSSR count). The fourth-order valence-electron chi connectivity index (χ4n) is 1.90. The molecule has 0 aliphatic carbocycles. The van der Waals surface area contributed by atoms with Gasteiger partial charge in [0.1, 0.15) is 5.82 Å². The summed E-state index contributed by atoms with van der Waals surface area (Å²) in [7, 11) is 1.74. The van der Waals surface area contributed by atoms with Gasteiger partial charge in [-0.3, -0.25) is 5.10 Å². The third kappa shape index (κ3) is 3.57. The van der Waals surface area contributed by atoms with E-state index in [-0.39, 0.29) is 5.60 Å². The topological polar surface area (TPSA) is 62.8 Å². The van der Waals surface area contributed by atoms with E-state index in [1.807, 2.05) is 31.2 Å². The van der Waals surface area contributed by atoms with Crippen LogP contribution in [0.25, 0.3) is 11.4 Å². The van der Waals surface area contributed by atoms with E-state index in [4.69, 9.17) is 4.74 Å². The Morgan fingerprint density at radius 3 is 2.70 bits per heavy atom. The molecule has 0 saturated heterocycles. The molecular weight excluding hydrogens is 252 g/mol. The summed E-state index contributed by atoms with van der Waals surface area (Å²) >= 11 is 0. The van der Waals surface area contributed by atoms with Crippen molar-refractivity contribution in [2.24, 2.45) is 0 Å². The van der Waals surface area contributed by atoms with Gasteiger partial charge in [-0.25, -0.2) is 4.98 Å². The van der Waals surface area contributed by atoms with Crippen molar-refractivity contribution in [1.82, 2.24) is 15.2 Å². The molecule has 5 heteroatoms. The summed E-state index contributed by atoms with van der Waals surface area (Å²) < 4.78 is 5.42. The lowest BCUT2D eigenvalue weighted by atomic mass is 10.1. The lowest BCUT2D eigenvalue weighted by molar-refractivity contribution is 0.0185. The minimum absolute atomic E-state index is 0.122. The van der Waals surface area contributed by atoms with Gasteiger partial charge in [0.25, 0.3) is 0 Å². The molecular formula is C15H22N4O. The van der Waals surface area contributed by atoms with Gasteiger partial charge in [0, 0.05) is 24.9 Å². The standard InChI is InChI=1S/C15H22N4O/c1-11-17-14(19-18-11)12-7-5-6-8-13(12)16-10-9-15(2,3)20-4/h5-8,16H,9-10H2,1-4H3,(H,17,18,19). The molecule has 2 N–H and O–H groups in total. The Hall–Kier alpha value is -1.88. The summed E-state index contributed by atoms with van der Waals surface area (Å²) in [4.78, 5) is 4.38. The Bertz CT molecular complexity index is 563. The monoisotopic (exact) mass is 274 g/mol. The second kappa shape index (κ2) is 6.05. The second-order valence-corrected chi connectivity index (χ2v) is 5.43. The number of H-pyrrole nitrogens is 1. The van der Waals surface area contributed by atoms with Crippen LogP contribution in [0.15, 0.2) is 24.3 Å². The molecule has 0 bridgehead atoms. The Morgan fingerprint density at radius 1 is 1.30 bits per heavy atom. The minimum Gasteiger partial charge on any atom is -0.384 e. The molecule has 0 amide bonds. The predicted molar refractivity (Wildman–Crippen MR) is 80.8 cm³/mol. The Labute approximate surface area is 119 Å². The van der Waals surface area contributed by atoms with Gasteiger partial charge in [-0.15, -0.1) is 0 Å². The number of para-hydroxylation sites is 1. The number of methoxy groups -OCH3 is 1. The van der Waals surface area contributed by atoms with Crippen molar-refractivity contribution in [3.05, 3.63) is 30.1 Å². The van der Waals surface area contributed by atoms with E-state index < -0.39 is 0 Å². The van der Waals surface area contributed by atoms with Crippen molar-refractivity contribution in [1.29, 1.82) is 0 Å². The largest absolute Gasteiger partial charge is 0.384 e. The number of hydrogen-bond donors (Lipinski definition) is 2. The first-order valence-electron chi connectivity index (χ1n) is 6.79. The highest BCUT2D eigenvalue weighted by molar-refractivity contribution is 5.73. The molecule has 0 spiro atoms. The van der Waals surface area contributed by atoms with Gasteiger partial charge in [-0.1, -0.05) is 12.1 Å². The molecule has 5 nitrogen and oxygen atoms in total. The molecule has 1 heterocycles. The molecule has 0 aliphatic rings. The molecule has 0 unspecified atom stereocenters. The van der Waals surface area contributed by atoms with Crippen LogP contribution in [0.5, 0.6) is 0 Å². The fourth-order valence-corrected chi connectivity index (χ4v) is 1.90. The normalized spacial score (nSPS) is 11.6. The maximum Gasteiger partial charge on any atom is 0.183 e. The van der Waals surface area contributed by atoms with E-state index in [0.29, 0.717) is 0 Å². The van der Waals surface area contributed by atoms with Crippen LogP contribution in [-0.2, 0) is 4.74 Å². The number of aromatic amines is 1. The van der Waals surface area contributed by atoms with E-state index in [1.54, 1.807) is 7.11 Å². The zero-order valence-electron chi connectivity index (χ0n) is 12.5. The van der Waals surface area contributed by atoms with Crippen molar-refractivity contribution in [3.8, 4) is 11.4 Å². The van der Waals surface area contributed by atoms with Gasteiger partial charge in [0.15, 0.2) is 5.82 Å². The van der Waals surface area contributed by atoms with Crippen molar-refractivity contribution in [3.63, 3.8) is 0 Å². The third-order valence-corrected chi connectivity index (χ3v) is 3.36. The Kier molecular flexibility index (Phi) is 4.39. The van der Waals surface area contributed by atoms with Gasteiger partial charge >= 0.3 is 0 Å². The minimum atomic E-state index is -0.122.